The van der Waals surface area contributed by atoms with Crippen molar-refractivity contribution in [3.05, 3.63) is 65.6 Å². The van der Waals surface area contributed by atoms with Crippen LogP contribution >= 0.6 is 0 Å². The predicted octanol–water partition coefficient (Wildman–Crippen LogP) is 3.92. The lowest BCUT2D eigenvalue weighted by Crippen LogP contribution is -2.42. The molecule has 12 heteroatoms. The van der Waals surface area contributed by atoms with E-state index in [1.165, 1.54) is 35.5 Å². The van der Waals surface area contributed by atoms with E-state index in [1.54, 1.807) is 13.8 Å². The van der Waals surface area contributed by atoms with Gasteiger partial charge in [-0.3, -0.25) is 4.79 Å². The molecule has 1 N–H and O–H groups in total. The summed E-state index contributed by atoms with van der Waals surface area (Å²) >= 11 is 0. The summed E-state index contributed by atoms with van der Waals surface area (Å²) in [6.45, 7) is 3.57. The number of rotatable bonds is 7. The van der Waals surface area contributed by atoms with E-state index < -0.39 is 35.3 Å². The highest BCUT2D eigenvalue weighted by Gasteiger charge is 2.32. The third-order valence-electron chi connectivity index (χ3n) is 4.70. The van der Waals surface area contributed by atoms with E-state index in [1.807, 2.05) is 0 Å². The minimum absolute atomic E-state index is 0.0144. The van der Waals surface area contributed by atoms with Crippen molar-refractivity contribution in [2.45, 2.75) is 26.1 Å². The second kappa shape index (κ2) is 9.28. The molecule has 170 valence electrons. The van der Waals surface area contributed by atoms with Gasteiger partial charge in [0, 0.05) is 25.3 Å². The first kappa shape index (κ1) is 23.1. The number of para-hydroxylation sites is 1. The van der Waals surface area contributed by atoms with Crippen LogP contribution in [-0.4, -0.2) is 49.9 Å². The SMILES string of the molecule is CCN(C(=O)c1cccc(F)c1-n1nccn1)[C@@H](C)CNc1ncc(C(F)(F)F)cc1F. The molecule has 2 heterocycles. The predicted molar refractivity (Wildman–Crippen MR) is 105 cm³/mol. The molecule has 0 bridgehead atoms. The number of carbonyl (C=O) groups excluding carboxylic acids is 1. The molecule has 0 radical (unpaired) electrons. The Morgan fingerprint density at radius 2 is 1.88 bits per heavy atom. The van der Waals surface area contributed by atoms with Crippen LogP contribution in [0, 0.1) is 11.6 Å². The van der Waals surface area contributed by atoms with Gasteiger partial charge < -0.3 is 10.2 Å². The number of alkyl halides is 3. The highest BCUT2D eigenvalue weighted by atomic mass is 19.4. The molecule has 0 fully saturated rings. The third-order valence-corrected chi connectivity index (χ3v) is 4.70. The summed E-state index contributed by atoms with van der Waals surface area (Å²) in [6.07, 6.45) is -1.50. The van der Waals surface area contributed by atoms with Crippen molar-refractivity contribution < 1.29 is 26.7 Å². The Bertz CT molecular complexity index is 1090. The molecular weight excluding hydrogens is 435 g/mol. The summed E-state index contributed by atoms with van der Waals surface area (Å²) in [5.41, 5.74) is -1.30. The van der Waals surface area contributed by atoms with Crippen LogP contribution in [0.4, 0.5) is 27.8 Å². The van der Waals surface area contributed by atoms with Gasteiger partial charge in [0.1, 0.15) is 5.69 Å². The fourth-order valence-electron chi connectivity index (χ4n) is 3.11. The van der Waals surface area contributed by atoms with Crippen molar-refractivity contribution in [3.63, 3.8) is 0 Å². The maximum Gasteiger partial charge on any atom is 0.417 e. The fraction of sp³-hybridized carbons (Fsp3) is 0.300. The van der Waals surface area contributed by atoms with Gasteiger partial charge in [0.15, 0.2) is 17.5 Å². The van der Waals surface area contributed by atoms with Gasteiger partial charge in [-0.2, -0.15) is 23.4 Å². The molecule has 32 heavy (non-hydrogen) atoms. The zero-order valence-electron chi connectivity index (χ0n) is 17.1. The number of hydrogen-bond acceptors (Lipinski definition) is 5. The number of anilines is 1. The number of likely N-dealkylation sites (N-methyl/N-ethyl adjacent to an activating group) is 1. The Balaban J connectivity index is 1.78. The highest BCUT2D eigenvalue weighted by Crippen LogP contribution is 2.30. The molecule has 0 aliphatic rings. The molecule has 0 unspecified atom stereocenters. The van der Waals surface area contributed by atoms with E-state index in [4.69, 9.17) is 0 Å². The first-order valence-electron chi connectivity index (χ1n) is 9.56. The van der Waals surface area contributed by atoms with Gasteiger partial charge in [-0.1, -0.05) is 6.07 Å². The number of amides is 1. The van der Waals surface area contributed by atoms with Crippen LogP contribution in [0.3, 0.4) is 0 Å². The second-order valence-electron chi connectivity index (χ2n) is 6.83. The van der Waals surface area contributed by atoms with Crippen molar-refractivity contribution in [2.75, 3.05) is 18.4 Å². The van der Waals surface area contributed by atoms with Crippen molar-refractivity contribution >= 4 is 11.7 Å². The average molecular weight is 454 g/mol. The number of nitrogens with zero attached hydrogens (tertiary/aromatic N) is 5. The van der Waals surface area contributed by atoms with Gasteiger partial charge in [0.05, 0.1) is 23.5 Å². The Morgan fingerprint density at radius 1 is 1.19 bits per heavy atom. The Morgan fingerprint density at radius 3 is 2.47 bits per heavy atom. The smallest absolute Gasteiger partial charge is 0.366 e. The van der Waals surface area contributed by atoms with E-state index in [0.717, 1.165) is 4.80 Å². The summed E-state index contributed by atoms with van der Waals surface area (Å²) in [5, 5.41) is 10.4. The molecule has 3 aromatic rings. The summed E-state index contributed by atoms with van der Waals surface area (Å²) in [7, 11) is 0. The number of aromatic nitrogens is 4. The van der Waals surface area contributed by atoms with Crippen molar-refractivity contribution in [3.8, 4) is 5.69 Å². The Labute approximate surface area is 179 Å². The van der Waals surface area contributed by atoms with Gasteiger partial charge in [-0.25, -0.2) is 13.8 Å². The van der Waals surface area contributed by atoms with Crippen LogP contribution in [0.2, 0.25) is 0 Å². The van der Waals surface area contributed by atoms with Crippen molar-refractivity contribution in [1.82, 2.24) is 24.9 Å². The summed E-state index contributed by atoms with van der Waals surface area (Å²) in [6, 6.07) is 3.80. The molecule has 7 nitrogen and oxygen atoms in total. The molecule has 1 atom stereocenters. The van der Waals surface area contributed by atoms with Gasteiger partial charge in [-0.05, 0) is 32.0 Å². The minimum atomic E-state index is -4.71. The molecule has 0 aliphatic heterocycles. The molecular formula is C20H19F5N6O. The van der Waals surface area contributed by atoms with Crippen LogP contribution in [-0.2, 0) is 6.18 Å². The number of carbonyl (C=O) groups is 1. The Kier molecular flexibility index (Phi) is 6.70. The van der Waals surface area contributed by atoms with E-state index in [2.05, 4.69) is 20.5 Å². The molecule has 1 amide bonds. The molecule has 0 saturated heterocycles. The number of halogens is 5. The standard InChI is InChI=1S/C20H19F5N6O/c1-3-30(12(2)10-26-18-16(22)9-13(11-27-18)20(23,24)25)19(32)14-5-4-6-15(21)17(14)31-28-7-8-29-31/h4-9,11-12H,3,10H2,1-2H3,(H,26,27)/t12-/m0/s1. The van der Waals surface area contributed by atoms with Crippen LogP contribution in [0.5, 0.6) is 0 Å². The first-order chi connectivity index (χ1) is 15.1. The maximum atomic E-state index is 14.5. The molecule has 2 aromatic heterocycles. The van der Waals surface area contributed by atoms with E-state index in [-0.39, 0.29) is 30.2 Å². The molecule has 3 rings (SSSR count). The van der Waals surface area contributed by atoms with Gasteiger partial charge in [0.25, 0.3) is 5.91 Å². The lowest BCUT2D eigenvalue weighted by molar-refractivity contribution is -0.138. The Hall–Kier alpha value is -3.57. The number of hydrogen-bond donors (Lipinski definition) is 1. The fourth-order valence-corrected chi connectivity index (χ4v) is 3.11. The summed E-state index contributed by atoms with van der Waals surface area (Å²) in [4.78, 5) is 19.1. The van der Waals surface area contributed by atoms with Crippen LogP contribution in [0.25, 0.3) is 5.69 Å². The maximum absolute atomic E-state index is 14.5. The third kappa shape index (κ3) is 4.84. The lowest BCUT2D eigenvalue weighted by atomic mass is 10.1. The molecule has 0 spiro atoms. The highest BCUT2D eigenvalue weighted by molar-refractivity contribution is 5.98. The monoisotopic (exact) mass is 454 g/mol. The number of benzene rings is 1. The zero-order valence-corrected chi connectivity index (χ0v) is 17.1. The largest absolute Gasteiger partial charge is 0.417 e. The first-order valence-corrected chi connectivity index (χ1v) is 9.56. The average Bonchev–Trinajstić information content (AvgIpc) is 3.26. The van der Waals surface area contributed by atoms with Crippen LogP contribution in [0.15, 0.2) is 42.9 Å². The van der Waals surface area contributed by atoms with E-state index in [9.17, 15) is 26.7 Å². The summed E-state index contributed by atoms with van der Waals surface area (Å²) < 4.78 is 66.5. The van der Waals surface area contributed by atoms with Gasteiger partial charge in [0.2, 0.25) is 0 Å². The van der Waals surface area contributed by atoms with Crippen molar-refractivity contribution in [1.29, 1.82) is 0 Å². The van der Waals surface area contributed by atoms with E-state index in [0.29, 0.717) is 12.3 Å². The quantitative estimate of drug-likeness (QED) is 0.548. The summed E-state index contributed by atoms with van der Waals surface area (Å²) in [5.74, 6) is -2.75. The van der Waals surface area contributed by atoms with Crippen molar-refractivity contribution in [2.24, 2.45) is 0 Å². The number of nitrogens with one attached hydrogen (secondary N) is 1. The van der Waals surface area contributed by atoms with Gasteiger partial charge in [-0.15, -0.1) is 4.80 Å². The number of pyridine rings is 1. The van der Waals surface area contributed by atoms with Crippen LogP contribution < -0.4 is 5.32 Å². The zero-order chi connectivity index (χ0) is 23.5. The topological polar surface area (TPSA) is 75.9 Å². The van der Waals surface area contributed by atoms with Crippen LogP contribution in [0.1, 0.15) is 29.8 Å². The van der Waals surface area contributed by atoms with E-state index >= 15 is 0 Å². The van der Waals surface area contributed by atoms with Gasteiger partial charge >= 0.3 is 6.18 Å². The lowest BCUT2D eigenvalue weighted by Gasteiger charge is -2.29. The molecule has 1 aromatic carbocycles. The molecule has 0 saturated carbocycles. The normalized spacial score (nSPS) is 12.5. The molecule has 0 aliphatic carbocycles. The minimum Gasteiger partial charge on any atom is -0.366 e. The second-order valence-corrected chi connectivity index (χ2v) is 6.83.